The zero-order valence-electron chi connectivity index (χ0n) is 28.9. The molecular formula is C50H36F2S. The van der Waals surface area contributed by atoms with Gasteiger partial charge in [0.25, 0.3) is 0 Å². The van der Waals surface area contributed by atoms with E-state index in [9.17, 15) is 8.78 Å². The Morgan fingerprint density at radius 2 is 0.547 bits per heavy atom. The van der Waals surface area contributed by atoms with Gasteiger partial charge in [0, 0.05) is 0 Å². The Morgan fingerprint density at radius 1 is 0.283 bits per heavy atom. The summed E-state index contributed by atoms with van der Waals surface area (Å²) >= 11 is 1.88. The van der Waals surface area contributed by atoms with Gasteiger partial charge in [-0.2, -0.15) is 0 Å². The van der Waals surface area contributed by atoms with Gasteiger partial charge in [0.05, 0.1) is 9.49 Å². The molecule has 0 bridgehead atoms. The quantitative estimate of drug-likeness (QED) is 0.128. The number of hydrogen-bond donors (Lipinski definition) is 0. The highest BCUT2D eigenvalue weighted by Gasteiger charge is 2.50. The van der Waals surface area contributed by atoms with Gasteiger partial charge in [-0.15, -0.1) is 11.8 Å². The van der Waals surface area contributed by atoms with Crippen molar-refractivity contribution >= 4 is 11.8 Å². The van der Waals surface area contributed by atoms with E-state index in [1.54, 1.807) is 0 Å². The van der Waals surface area contributed by atoms with Crippen molar-refractivity contribution in [3.05, 3.63) is 263 Å². The zero-order valence-corrected chi connectivity index (χ0v) is 29.8. The largest absolute Gasteiger partial charge is 0.207 e. The number of rotatable bonds is 10. The van der Waals surface area contributed by atoms with Crippen LogP contribution in [0.4, 0.5) is 8.78 Å². The Hall–Kier alpha value is -6.03. The summed E-state index contributed by atoms with van der Waals surface area (Å²) in [5.74, 6) is -0.551. The summed E-state index contributed by atoms with van der Waals surface area (Å²) < 4.78 is 27.2. The van der Waals surface area contributed by atoms with E-state index < -0.39 is 9.49 Å². The molecular weight excluding hydrogens is 671 g/mol. The van der Waals surface area contributed by atoms with E-state index in [0.29, 0.717) is 0 Å². The zero-order chi connectivity index (χ0) is 36.1. The van der Waals surface area contributed by atoms with E-state index in [2.05, 4.69) is 170 Å². The van der Waals surface area contributed by atoms with E-state index >= 15 is 0 Å². The van der Waals surface area contributed by atoms with E-state index in [0.717, 1.165) is 55.6 Å². The summed E-state index contributed by atoms with van der Waals surface area (Å²) in [6, 6.07) is 73.4. The molecule has 0 amide bonds. The average molecular weight is 707 g/mol. The van der Waals surface area contributed by atoms with Gasteiger partial charge in [-0.05, 0) is 79.9 Å². The lowest BCUT2D eigenvalue weighted by molar-refractivity contribution is 0.627. The lowest BCUT2D eigenvalue weighted by Gasteiger charge is -2.46. The normalized spacial score (nSPS) is 11.7. The van der Waals surface area contributed by atoms with Gasteiger partial charge < -0.3 is 0 Å². The Balaban J connectivity index is 1.55. The van der Waals surface area contributed by atoms with E-state index in [-0.39, 0.29) is 11.6 Å². The average Bonchev–Trinajstić information content (AvgIpc) is 3.24. The van der Waals surface area contributed by atoms with Crippen molar-refractivity contribution in [2.24, 2.45) is 0 Å². The van der Waals surface area contributed by atoms with Gasteiger partial charge in [-0.25, -0.2) is 8.78 Å². The smallest absolute Gasteiger partial charge is 0.123 e. The number of benzene rings is 8. The molecule has 0 radical (unpaired) electrons. The molecule has 0 atom stereocenters. The van der Waals surface area contributed by atoms with Crippen molar-refractivity contribution in [3.8, 4) is 22.3 Å². The van der Waals surface area contributed by atoms with Crippen molar-refractivity contribution in [2.75, 3.05) is 0 Å². The minimum absolute atomic E-state index is 0.275. The van der Waals surface area contributed by atoms with Crippen LogP contribution in [0.1, 0.15) is 33.4 Å². The lowest BCUT2D eigenvalue weighted by atomic mass is 9.79. The van der Waals surface area contributed by atoms with Gasteiger partial charge in [-0.1, -0.05) is 194 Å². The van der Waals surface area contributed by atoms with Crippen molar-refractivity contribution in [1.29, 1.82) is 0 Å². The van der Waals surface area contributed by atoms with E-state index in [1.165, 1.54) is 24.3 Å². The summed E-state index contributed by atoms with van der Waals surface area (Å²) in [5.41, 5.74) is 10.4. The highest BCUT2D eigenvalue weighted by atomic mass is 32.2. The van der Waals surface area contributed by atoms with Crippen LogP contribution in [0.3, 0.4) is 0 Å². The SMILES string of the molecule is Fc1ccc(-c2ccccc2C(SC(c2ccccc2)(c2ccccc2)c2ccccc2-c2ccc(F)cc2)(c2ccccc2)c2ccccc2)cc1. The lowest BCUT2D eigenvalue weighted by Crippen LogP contribution is -2.36. The van der Waals surface area contributed by atoms with Crippen LogP contribution >= 0.6 is 11.8 Å². The molecule has 0 saturated heterocycles. The molecule has 0 heterocycles. The summed E-state index contributed by atoms with van der Waals surface area (Å²) in [6.45, 7) is 0. The molecule has 8 rings (SSSR count). The van der Waals surface area contributed by atoms with E-state index in [1.807, 2.05) is 36.0 Å². The third kappa shape index (κ3) is 6.39. The number of hydrogen-bond acceptors (Lipinski definition) is 1. The summed E-state index contributed by atoms with van der Waals surface area (Å²) in [6.07, 6.45) is 0. The van der Waals surface area contributed by atoms with Gasteiger partial charge in [0.15, 0.2) is 0 Å². The molecule has 0 unspecified atom stereocenters. The van der Waals surface area contributed by atoms with Crippen molar-refractivity contribution in [1.82, 2.24) is 0 Å². The fraction of sp³-hybridized carbons (Fsp3) is 0.0400. The first-order valence-electron chi connectivity index (χ1n) is 17.7. The van der Waals surface area contributed by atoms with Crippen LogP contribution in [0.5, 0.6) is 0 Å². The highest BCUT2D eigenvalue weighted by Crippen LogP contribution is 2.63. The Labute approximate surface area is 314 Å². The third-order valence-corrected chi connectivity index (χ3v) is 11.9. The van der Waals surface area contributed by atoms with Gasteiger partial charge in [0.2, 0.25) is 0 Å². The molecule has 256 valence electrons. The van der Waals surface area contributed by atoms with Crippen molar-refractivity contribution < 1.29 is 8.78 Å². The first-order chi connectivity index (χ1) is 26.1. The maximum atomic E-state index is 14.4. The van der Waals surface area contributed by atoms with Crippen molar-refractivity contribution in [2.45, 2.75) is 9.49 Å². The highest BCUT2D eigenvalue weighted by molar-refractivity contribution is 8.02. The molecule has 0 N–H and O–H groups in total. The van der Waals surface area contributed by atoms with Crippen LogP contribution in [-0.2, 0) is 9.49 Å². The minimum Gasteiger partial charge on any atom is -0.207 e. The molecule has 8 aromatic carbocycles. The minimum atomic E-state index is -0.838. The van der Waals surface area contributed by atoms with Crippen LogP contribution < -0.4 is 0 Å². The van der Waals surface area contributed by atoms with Crippen LogP contribution in [0.15, 0.2) is 218 Å². The second-order valence-corrected chi connectivity index (χ2v) is 14.5. The fourth-order valence-electron chi connectivity index (χ4n) is 7.56. The van der Waals surface area contributed by atoms with E-state index in [4.69, 9.17) is 0 Å². The molecule has 8 aromatic rings. The van der Waals surface area contributed by atoms with Crippen LogP contribution in [-0.4, -0.2) is 0 Å². The third-order valence-electron chi connectivity index (χ3n) is 9.95. The predicted molar refractivity (Wildman–Crippen MR) is 217 cm³/mol. The van der Waals surface area contributed by atoms with Crippen LogP contribution in [0.25, 0.3) is 22.3 Å². The molecule has 0 nitrogen and oxygen atoms in total. The Morgan fingerprint density at radius 3 is 0.849 bits per heavy atom. The first-order valence-corrected chi connectivity index (χ1v) is 18.5. The van der Waals surface area contributed by atoms with Crippen LogP contribution in [0.2, 0.25) is 0 Å². The van der Waals surface area contributed by atoms with Gasteiger partial charge in [0.1, 0.15) is 11.6 Å². The topological polar surface area (TPSA) is 0 Å². The molecule has 0 aromatic heterocycles. The molecule has 0 aliphatic carbocycles. The van der Waals surface area contributed by atoms with Crippen molar-refractivity contribution in [3.63, 3.8) is 0 Å². The number of thioether (sulfide) groups is 1. The van der Waals surface area contributed by atoms with Crippen LogP contribution in [0, 0.1) is 11.6 Å². The summed E-state index contributed by atoms with van der Waals surface area (Å²) in [7, 11) is 0. The standard InChI is InChI=1S/C50H36F2S/c51-43-33-29-37(30-34-43)45-25-13-15-27-47(45)49(39-17-5-1-6-18-39,40-19-7-2-8-20-40)53-50(41-21-9-3-10-22-41,42-23-11-4-12-24-42)48-28-16-14-26-46(48)38-31-35-44(52)36-32-38/h1-36H. The molecule has 0 aliphatic rings. The second-order valence-electron chi connectivity index (χ2n) is 13.0. The second kappa shape index (κ2) is 14.9. The monoisotopic (exact) mass is 706 g/mol. The summed E-state index contributed by atoms with van der Waals surface area (Å²) in [4.78, 5) is 0. The molecule has 0 fully saturated rings. The Bertz CT molecular complexity index is 2160. The molecule has 0 aliphatic heterocycles. The predicted octanol–water partition coefficient (Wildman–Crippen LogP) is 13.3. The number of halogens is 2. The molecule has 53 heavy (non-hydrogen) atoms. The molecule has 0 spiro atoms. The maximum Gasteiger partial charge on any atom is 0.123 e. The Kier molecular flexibility index (Phi) is 9.58. The summed E-state index contributed by atoms with van der Waals surface area (Å²) in [5, 5.41) is 0. The first kappa shape index (κ1) is 34.1. The fourth-order valence-corrected chi connectivity index (χ4v) is 9.62. The van der Waals surface area contributed by atoms with Gasteiger partial charge >= 0.3 is 0 Å². The molecule has 0 saturated carbocycles. The van der Waals surface area contributed by atoms with Gasteiger partial charge in [-0.3, -0.25) is 0 Å². The maximum absolute atomic E-state index is 14.4. The molecule has 3 heteroatoms.